The van der Waals surface area contributed by atoms with Crippen LogP contribution in [0.5, 0.6) is 0 Å². The number of ether oxygens (including phenoxy) is 1. The Bertz CT molecular complexity index is 528. The molecule has 0 radical (unpaired) electrons. The lowest BCUT2D eigenvalue weighted by Crippen LogP contribution is -2.15. The molecule has 0 saturated heterocycles. The van der Waals surface area contributed by atoms with Gasteiger partial charge in [-0.25, -0.2) is 4.79 Å². The summed E-state index contributed by atoms with van der Waals surface area (Å²) in [5, 5.41) is 0.199. The molecule has 1 aromatic carbocycles. The molecule has 0 aliphatic heterocycles. The fourth-order valence-corrected chi connectivity index (χ4v) is 1.82. The highest BCUT2D eigenvalue weighted by Gasteiger charge is 2.13. The van der Waals surface area contributed by atoms with E-state index in [0.717, 1.165) is 0 Å². The van der Waals surface area contributed by atoms with Crippen molar-refractivity contribution >= 4 is 43.6 Å². The van der Waals surface area contributed by atoms with Gasteiger partial charge < -0.3 is 4.74 Å². The van der Waals surface area contributed by atoms with Crippen molar-refractivity contribution in [2.24, 2.45) is 0 Å². The first-order chi connectivity index (χ1) is 7.79. The summed E-state index contributed by atoms with van der Waals surface area (Å²) in [7, 11) is -4.14. The zero-order valence-electron chi connectivity index (χ0n) is 8.39. The van der Waals surface area contributed by atoms with Gasteiger partial charge in [0.2, 0.25) is 0 Å². The van der Waals surface area contributed by atoms with Crippen molar-refractivity contribution in [2.45, 2.75) is 0 Å². The van der Waals surface area contributed by atoms with Crippen LogP contribution in [-0.2, 0) is 14.9 Å². The quantitative estimate of drug-likeness (QED) is 0.669. The summed E-state index contributed by atoms with van der Waals surface area (Å²) in [5.74, 6) is -1.40. The van der Waals surface area contributed by atoms with E-state index in [2.05, 4.69) is 20.7 Å². The van der Waals surface area contributed by atoms with Crippen molar-refractivity contribution < 1.29 is 22.5 Å². The van der Waals surface area contributed by atoms with Gasteiger partial charge in [0.15, 0.2) is 0 Å². The number of hydrogen-bond donors (Lipinski definition) is 1. The van der Waals surface area contributed by atoms with Gasteiger partial charge in [0.25, 0.3) is 10.1 Å². The summed E-state index contributed by atoms with van der Waals surface area (Å²) >= 11 is 8.93. The Labute approximate surface area is 112 Å². The SMILES string of the molecule is O=C(OCCS(=O)(=O)O)c1cc(Br)ccc1Cl. The number of esters is 1. The first-order valence-electron chi connectivity index (χ1n) is 4.37. The van der Waals surface area contributed by atoms with Gasteiger partial charge in [-0.15, -0.1) is 0 Å². The van der Waals surface area contributed by atoms with Crippen molar-refractivity contribution in [1.82, 2.24) is 0 Å². The fourth-order valence-electron chi connectivity index (χ4n) is 0.971. The topological polar surface area (TPSA) is 80.7 Å². The van der Waals surface area contributed by atoms with E-state index < -0.39 is 28.4 Å². The molecular weight excluding hydrogens is 336 g/mol. The molecule has 8 heteroatoms. The van der Waals surface area contributed by atoms with Crippen LogP contribution in [0.1, 0.15) is 10.4 Å². The molecule has 0 bridgehead atoms. The Morgan fingerprint density at radius 3 is 2.71 bits per heavy atom. The van der Waals surface area contributed by atoms with Crippen LogP contribution < -0.4 is 0 Å². The van der Waals surface area contributed by atoms with Crippen molar-refractivity contribution in [2.75, 3.05) is 12.4 Å². The summed E-state index contributed by atoms with van der Waals surface area (Å²) in [5.41, 5.74) is 0.122. The van der Waals surface area contributed by atoms with E-state index in [9.17, 15) is 13.2 Å². The Hall–Kier alpha value is -0.630. The highest BCUT2D eigenvalue weighted by atomic mass is 79.9. The van der Waals surface area contributed by atoms with Gasteiger partial charge in [0, 0.05) is 4.47 Å². The highest BCUT2D eigenvalue weighted by Crippen LogP contribution is 2.21. The molecule has 17 heavy (non-hydrogen) atoms. The molecule has 0 aliphatic rings. The molecule has 0 aliphatic carbocycles. The van der Waals surface area contributed by atoms with Crippen LogP contribution in [-0.4, -0.2) is 31.3 Å². The van der Waals surface area contributed by atoms with Crippen LogP contribution >= 0.6 is 27.5 Å². The predicted molar refractivity (Wildman–Crippen MR) is 65.9 cm³/mol. The summed E-state index contributed by atoms with van der Waals surface area (Å²) in [6.07, 6.45) is 0. The summed E-state index contributed by atoms with van der Waals surface area (Å²) in [4.78, 5) is 11.5. The molecule has 1 N–H and O–H groups in total. The number of rotatable bonds is 4. The third-order valence-corrected chi connectivity index (χ3v) is 3.23. The van der Waals surface area contributed by atoms with Gasteiger partial charge in [0.1, 0.15) is 12.4 Å². The molecule has 0 unspecified atom stereocenters. The smallest absolute Gasteiger partial charge is 0.339 e. The van der Waals surface area contributed by atoms with Crippen LogP contribution in [0, 0.1) is 0 Å². The first kappa shape index (κ1) is 14.4. The minimum absolute atomic E-state index is 0.122. The fraction of sp³-hybridized carbons (Fsp3) is 0.222. The highest BCUT2D eigenvalue weighted by molar-refractivity contribution is 9.10. The van der Waals surface area contributed by atoms with E-state index in [4.69, 9.17) is 16.2 Å². The largest absolute Gasteiger partial charge is 0.461 e. The summed E-state index contributed by atoms with van der Waals surface area (Å²) < 4.78 is 34.5. The third kappa shape index (κ3) is 5.03. The van der Waals surface area contributed by atoms with E-state index in [0.29, 0.717) is 4.47 Å². The van der Waals surface area contributed by atoms with E-state index in [1.807, 2.05) is 0 Å². The Morgan fingerprint density at radius 1 is 1.47 bits per heavy atom. The molecule has 0 atom stereocenters. The van der Waals surface area contributed by atoms with Crippen molar-refractivity contribution in [3.8, 4) is 0 Å². The molecule has 5 nitrogen and oxygen atoms in total. The molecule has 1 rings (SSSR count). The predicted octanol–water partition coefficient (Wildman–Crippen LogP) is 2.15. The number of benzene rings is 1. The van der Waals surface area contributed by atoms with Gasteiger partial charge in [-0.05, 0) is 18.2 Å². The lowest BCUT2D eigenvalue weighted by molar-refractivity contribution is 0.0528. The molecule has 94 valence electrons. The van der Waals surface area contributed by atoms with Gasteiger partial charge >= 0.3 is 5.97 Å². The molecular formula is C9H8BrClO5S. The van der Waals surface area contributed by atoms with Crippen molar-refractivity contribution in [3.05, 3.63) is 33.3 Å². The minimum atomic E-state index is -4.14. The Morgan fingerprint density at radius 2 is 2.12 bits per heavy atom. The molecule has 1 aromatic rings. The maximum Gasteiger partial charge on any atom is 0.339 e. The average Bonchev–Trinajstić information content (AvgIpc) is 2.19. The second-order valence-electron chi connectivity index (χ2n) is 3.05. The standard InChI is InChI=1S/C9H8BrClO5S/c10-6-1-2-8(11)7(5-6)9(12)16-3-4-17(13,14)15/h1-2,5H,3-4H2,(H,13,14,15). The maximum atomic E-state index is 11.5. The Kier molecular flexibility index (Phi) is 4.93. The lowest BCUT2D eigenvalue weighted by atomic mass is 10.2. The number of hydrogen-bond acceptors (Lipinski definition) is 4. The first-order valence-corrected chi connectivity index (χ1v) is 7.15. The van der Waals surface area contributed by atoms with E-state index in [1.54, 1.807) is 6.07 Å². The number of halogens is 2. The molecule has 0 amide bonds. The van der Waals surface area contributed by atoms with Gasteiger partial charge in [-0.2, -0.15) is 8.42 Å². The molecule has 0 saturated carbocycles. The van der Waals surface area contributed by atoms with Crippen LogP contribution in [0.15, 0.2) is 22.7 Å². The second-order valence-corrected chi connectivity index (χ2v) is 5.94. The molecule has 0 aromatic heterocycles. The summed E-state index contributed by atoms with van der Waals surface area (Å²) in [6.45, 7) is -0.430. The third-order valence-electron chi connectivity index (χ3n) is 1.72. The minimum Gasteiger partial charge on any atom is -0.461 e. The van der Waals surface area contributed by atoms with Gasteiger partial charge in [-0.1, -0.05) is 27.5 Å². The Balaban J connectivity index is 2.67. The van der Waals surface area contributed by atoms with Crippen LogP contribution in [0.25, 0.3) is 0 Å². The number of carbonyl (C=O) groups is 1. The summed E-state index contributed by atoms with van der Waals surface area (Å²) in [6, 6.07) is 4.61. The van der Waals surface area contributed by atoms with E-state index in [-0.39, 0.29) is 10.6 Å². The van der Waals surface area contributed by atoms with Crippen LogP contribution in [0.2, 0.25) is 5.02 Å². The number of carbonyl (C=O) groups excluding carboxylic acids is 1. The molecule has 0 spiro atoms. The monoisotopic (exact) mass is 342 g/mol. The van der Waals surface area contributed by atoms with E-state index in [1.165, 1.54) is 12.1 Å². The second kappa shape index (κ2) is 5.81. The van der Waals surface area contributed by atoms with E-state index >= 15 is 0 Å². The normalized spacial score (nSPS) is 11.2. The lowest BCUT2D eigenvalue weighted by Gasteiger charge is -2.05. The van der Waals surface area contributed by atoms with Crippen molar-refractivity contribution in [1.29, 1.82) is 0 Å². The van der Waals surface area contributed by atoms with Crippen LogP contribution in [0.3, 0.4) is 0 Å². The van der Waals surface area contributed by atoms with Gasteiger partial charge in [0.05, 0.1) is 10.6 Å². The zero-order chi connectivity index (χ0) is 13.1. The van der Waals surface area contributed by atoms with Gasteiger partial charge in [-0.3, -0.25) is 4.55 Å². The maximum absolute atomic E-state index is 11.5. The molecule has 0 fully saturated rings. The van der Waals surface area contributed by atoms with Crippen LogP contribution in [0.4, 0.5) is 0 Å². The molecule has 0 heterocycles. The average molecular weight is 344 g/mol. The zero-order valence-corrected chi connectivity index (χ0v) is 11.5. The van der Waals surface area contributed by atoms with Crippen molar-refractivity contribution in [3.63, 3.8) is 0 Å².